The van der Waals surface area contributed by atoms with Crippen LogP contribution in [0.2, 0.25) is 0 Å². The maximum absolute atomic E-state index is 9.27. The molecule has 1 fully saturated rings. The molecule has 0 spiro atoms. The smallest absolute Gasteiger partial charge is 0.0633 e. The van der Waals surface area contributed by atoms with E-state index in [9.17, 15) is 10.2 Å². The monoisotopic (exact) mass is 229 g/mol. The largest absolute Gasteiger partial charge is 0.394 e. The molecule has 0 heterocycles. The molecule has 0 radical (unpaired) electrons. The van der Waals surface area contributed by atoms with Crippen LogP contribution in [0.4, 0.5) is 0 Å². The van der Waals surface area contributed by atoms with Gasteiger partial charge in [0.2, 0.25) is 0 Å². The number of hydrogen-bond acceptors (Lipinski definition) is 3. The van der Waals surface area contributed by atoms with E-state index in [1.807, 2.05) is 6.92 Å². The van der Waals surface area contributed by atoms with Gasteiger partial charge in [-0.15, -0.1) is 0 Å². The lowest BCUT2D eigenvalue weighted by atomic mass is 9.78. The van der Waals surface area contributed by atoms with E-state index in [0.717, 1.165) is 11.8 Å². The van der Waals surface area contributed by atoms with Crippen LogP contribution in [0.5, 0.6) is 0 Å². The van der Waals surface area contributed by atoms with Crippen LogP contribution in [-0.4, -0.2) is 35.0 Å². The summed E-state index contributed by atoms with van der Waals surface area (Å²) < 4.78 is 0. The third-order valence-corrected chi connectivity index (χ3v) is 3.91. The van der Waals surface area contributed by atoms with Gasteiger partial charge >= 0.3 is 0 Å². The molecule has 96 valence electrons. The summed E-state index contributed by atoms with van der Waals surface area (Å²) in [7, 11) is 0. The third kappa shape index (κ3) is 3.72. The molecule has 3 N–H and O–H groups in total. The molecule has 0 saturated heterocycles. The highest BCUT2D eigenvalue weighted by atomic mass is 16.3. The van der Waals surface area contributed by atoms with Gasteiger partial charge in [0, 0.05) is 6.04 Å². The average molecular weight is 229 g/mol. The van der Waals surface area contributed by atoms with Crippen LogP contribution in [0.15, 0.2) is 0 Å². The summed E-state index contributed by atoms with van der Waals surface area (Å²) in [4.78, 5) is 0. The van der Waals surface area contributed by atoms with Crippen molar-refractivity contribution in [1.82, 2.24) is 5.32 Å². The standard InChI is InChI=1S/C13H27NO2/c1-10(2)11-5-4-6-12(7-11)14-13(3,8-15)9-16/h10-12,14-16H,4-9H2,1-3H3. The number of hydrogen-bond donors (Lipinski definition) is 3. The fraction of sp³-hybridized carbons (Fsp3) is 1.00. The predicted octanol–water partition coefficient (Wildman–Crippen LogP) is 1.53. The Kier molecular flexibility index (Phi) is 5.22. The van der Waals surface area contributed by atoms with E-state index in [2.05, 4.69) is 19.2 Å². The quantitative estimate of drug-likeness (QED) is 0.670. The highest BCUT2D eigenvalue weighted by Crippen LogP contribution is 2.30. The van der Waals surface area contributed by atoms with E-state index >= 15 is 0 Å². The van der Waals surface area contributed by atoms with Gasteiger partial charge in [0.1, 0.15) is 0 Å². The molecule has 1 aliphatic rings. The Hall–Kier alpha value is -0.120. The Bertz CT molecular complexity index is 202. The molecule has 0 aromatic carbocycles. The predicted molar refractivity (Wildman–Crippen MR) is 66.3 cm³/mol. The van der Waals surface area contributed by atoms with Gasteiger partial charge in [0.15, 0.2) is 0 Å². The fourth-order valence-electron chi connectivity index (χ4n) is 2.60. The second kappa shape index (κ2) is 5.99. The first-order valence-corrected chi connectivity index (χ1v) is 6.50. The van der Waals surface area contributed by atoms with Crippen LogP contribution in [0.1, 0.15) is 46.5 Å². The van der Waals surface area contributed by atoms with E-state index < -0.39 is 5.54 Å². The molecule has 1 aliphatic carbocycles. The molecule has 1 rings (SSSR count). The van der Waals surface area contributed by atoms with Crippen LogP contribution in [-0.2, 0) is 0 Å². The lowest BCUT2D eigenvalue weighted by Crippen LogP contribution is -2.54. The van der Waals surface area contributed by atoms with E-state index in [-0.39, 0.29) is 13.2 Å². The molecule has 0 aromatic rings. The topological polar surface area (TPSA) is 52.5 Å². The average Bonchev–Trinajstić information content (AvgIpc) is 2.29. The lowest BCUT2D eigenvalue weighted by Gasteiger charge is -2.38. The van der Waals surface area contributed by atoms with Crippen molar-refractivity contribution in [3.8, 4) is 0 Å². The van der Waals surface area contributed by atoms with Gasteiger partial charge in [-0.1, -0.05) is 26.7 Å². The van der Waals surface area contributed by atoms with Crippen molar-refractivity contribution in [2.24, 2.45) is 11.8 Å². The van der Waals surface area contributed by atoms with Crippen molar-refractivity contribution in [3.63, 3.8) is 0 Å². The molecular formula is C13H27NO2. The minimum atomic E-state index is -0.524. The van der Waals surface area contributed by atoms with Crippen LogP contribution in [0, 0.1) is 11.8 Å². The van der Waals surface area contributed by atoms with Crippen LogP contribution < -0.4 is 5.32 Å². The van der Waals surface area contributed by atoms with Gasteiger partial charge < -0.3 is 15.5 Å². The Morgan fingerprint density at radius 2 is 1.88 bits per heavy atom. The van der Waals surface area contributed by atoms with Gasteiger partial charge in [0.25, 0.3) is 0 Å². The summed E-state index contributed by atoms with van der Waals surface area (Å²) in [5, 5.41) is 22.0. The zero-order valence-corrected chi connectivity index (χ0v) is 10.9. The number of nitrogens with one attached hydrogen (secondary N) is 1. The zero-order chi connectivity index (χ0) is 12.2. The summed E-state index contributed by atoms with van der Waals surface area (Å²) in [5.41, 5.74) is -0.524. The van der Waals surface area contributed by atoms with Crippen molar-refractivity contribution < 1.29 is 10.2 Å². The second-order valence-electron chi connectivity index (χ2n) is 5.89. The summed E-state index contributed by atoms with van der Waals surface area (Å²) in [6, 6.07) is 0.449. The zero-order valence-electron chi connectivity index (χ0n) is 10.9. The minimum absolute atomic E-state index is 0.00759. The van der Waals surface area contributed by atoms with Crippen molar-refractivity contribution in [1.29, 1.82) is 0 Å². The molecule has 0 bridgehead atoms. The van der Waals surface area contributed by atoms with Crippen molar-refractivity contribution in [2.45, 2.75) is 58.0 Å². The Morgan fingerprint density at radius 3 is 2.38 bits per heavy atom. The van der Waals surface area contributed by atoms with Gasteiger partial charge in [-0.05, 0) is 31.6 Å². The van der Waals surface area contributed by atoms with Gasteiger partial charge in [-0.25, -0.2) is 0 Å². The summed E-state index contributed by atoms with van der Waals surface area (Å²) >= 11 is 0. The molecular weight excluding hydrogens is 202 g/mol. The maximum Gasteiger partial charge on any atom is 0.0633 e. The van der Waals surface area contributed by atoms with E-state index in [4.69, 9.17) is 0 Å². The van der Waals surface area contributed by atoms with Gasteiger partial charge in [0.05, 0.1) is 18.8 Å². The van der Waals surface area contributed by atoms with Crippen molar-refractivity contribution in [2.75, 3.05) is 13.2 Å². The van der Waals surface area contributed by atoms with Crippen molar-refractivity contribution >= 4 is 0 Å². The third-order valence-electron chi connectivity index (χ3n) is 3.91. The first-order chi connectivity index (χ1) is 7.50. The van der Waals surface area contributed by atoms with Crippen LogP contribution in [0.25, 0.3) is 0 Å². The molecule has 0 aromatic heterocycles. The van der Waals surface area contributed by atoms with Crippen LogP contribution >= 0.6 is 0 Å². The summed E-state index contributed by atoms with van der Waals surface area (Å²) in [5.74, 6) is 1.52. The lowest BCUT2D eigenvalue weighted by molar-refractivity contribution is 0.0807. The van der Waals surface area contributed by atoms with Gasteiger partial charge in [-0.2, -0.15) is 0 Å². The van der Waals surface area contributed by atoms with E-state index in [1.54, 1.807) is 0 Å². The highest BCUT2D eigenvalue weighted by Gasteiger charge is 2.30. The van der Waals surface area contributed by atoms with E-state index in [0.29, 0.717) is 6.04 Å². The molecule has 2 atom stereocenters. The molecule has 1 saturated carbocycles. The summed E-state index contributed by atoms with van der Waals surface area (Å²) in [6.45, 7) is 6.43. The van der Waals surface area contributed by atoms with E-state index in [1.165, 1.54) is 25.7 Å². The number of aliphatic hydroxyl groups excluding tert-OH is 2. The highest BCUT2D eigenvalue weighted by molar-refractivity contribution is 4.88. The Labute approximate surface area is 99.3 Å². The molecule has 3 nitrogen and oxygen atoms in total. The number of rotatable bonds is 5. The van der Waals surface area contributed by atoms with Crippen LogP contribution in [0.3, 0.4) is 0 Å². The number of aliphatic hydroxyl groups is 2. The van der Waals surface area contributed by atoms with Crippen molar-refractivity contribution in [3.05, 3.63) is 0 Å². The SMILES string of the molecule is CC(C)C1CCCC(NC(C)(CO)CO)C1. The molecule has 2 unspecified atom stereocenters. The Morgan fingerprint density at radius 1 is 1.25 bits per heavy atom. The normalized spacial score (nSPS) is 27.4. The first-order valence-electron chi connectivity index (χ1n) is 6.50. The van der Waals surface area contributed by atoms with Gasteiger partial charge in [-0.3, -0.25) is 0 Å². The first kappa shape index (κ1) is 13.9. The molecule has 0 amide bonds. The molecule has 3 heteroatoms. The maximum atomic E-state index is 9.27. The molecule has 0 aliphatic heterocycles. The minimum Gasteiger partial charge on any atom is -0.394 e. The fourth-order valence-corrected chi connectivity index (χ4v) is 2.60. The summed E-state index contributed by atoms with van der Waals surface area (Å²) in [6.07, 6.45) is 4.92. The Balaban J connectivity index is 2.48. The second-order valence-corrected chi connectivity index (χ2v) is 5.89. The molecule has 16 heavy (non-hydrogen) atoms.